The second-order valence-corrected chi connectivity index (χ2v) is 5.88. The van der Waals surface area contributed by atoms with Gasteiger partial charge in [0.2, 0.25) is 0 Å². The standard InChI is InChI=1S/C17H19NO5S/c1-2-22-16(20)15(19)14(13-9-6-10-24-13)18-17(21)23-11-12-7-4-3-5-8-12/h3-10,14-15,19H,2,11H2,1H3,(H,18,21)/t14-,15-/m1/s1. The van der Waals surface area contributed by atoms with Gasteiger partial charge in [-0.2, -0.15) is 0 Å². The number of hydrogen-bond donors (Lipinski definition) is 2. The Morgan fingerprint density at radius 2 is 1.92 bits per heavy atom. The van der Waals surface area contributed by atoms with Crippen LogP contribution in [0.3, 0.4) is 0 Å². The van der Waals surface area contributed by atoms with E-state index in [0.717, 1.165) is 5.56 Å². The normalized spacial score (nSPS) is 12.9. The Morgan fingerprint density at radius 1 is 1.17 bits per heavy atom. The van der Waals surface area contributed by atoms with Gasteiger partial charge in [0.1, 0.15) is 12.6 Å². The maximum absolute atomic E-state index is 12.0. The van der Waals surface area contributed by atoms with E-state index >= 15 is 0 Å². The van der Waals surface area contributed by atoms with Crippen molar-refractivity contribution in [2.75, 3.05) is 6.61 Å². The van der Waals surface area contributed by atoms with Crippen LogP contribution in [0.5, 0.6) is 0 Å². The number of hydrogen-bond acceptors (Lipinski definition) is 6. The molecule has 6 nitrogen and oxygen atoms in total. The van der Waals surface area contributed by atoms with Crippen molar-refractivity contribution < 1.29 is 24.2 Å². The van der Waals surface area contributed by atoms with Crippen LogP contribution in [0.25, 0.3) is 0 Å². The average Bonchev–Trinajstić information content (AvgIpc) is 3.12. The van der Waals surface area contributed by atoms with Gasteiger partial charge in [0.15, 0.2) is 6.10 Å². The summed E-state index contributed by atoms with van der Waals surface area (Å²) in [7, 11) is 0. The predicted molar refractivity (Wildman–Crippen MR) is 89.5 cm³/mol. The highest BCUT2D eigenvalue weighted by atomic mass is 32.1. The van der Waals surface area contributed by atoms with E-state index in [0.29, 0.717) is 4.88 Å². The van der Waals surface area contributed by atoms with Crippen LogP contribution >= 0.6 is 11.3 Å². The van der Waals surface area contributed by atoms with Gasteiger partial charge >= 0.3 is 12.1 Å². The van der Waals surface area contributed by atoms with Gasteiger partial charge < -0.3 is 19.9 Å². The molecule has 0 aliphatic carbocycles. The summed E-state index contributed by atoms with van der Waals surface area (Å²) in [5.74, 6) is -0.792. The first-order chi connectivity index (χ1) is 11.6. The van der Waals surface area contributed by atoms with Gasteiger partial charge in [-0.1, -0.05) is 36.4 Å². The number of nitrogens with one attached hydrogen (secondary N) is 1. The van der Waals surface area contributed by atoms with Crippen molar-refractivity contribution in [1.82, 2.24) is 5.32 Å². The highest BCUT2D eigenvalue weighted by Crippen LogP contribution is 2.23. The SMILES string of the molecule is CCOC(=O)[C@H](O)[C@H](NC(=O)OCc1ccccc1)c1cccs1. The lowest BCUT2D eigenvalue weighted by molar-refractivity contribution is -0.154. The fourth-order valence-corrected chi connectivity index (χ4v) is 2.84. The molecule has 7 heteroatoms. The van der Waals surface area contributed by atoms with E-state index in [2.05, 4.69) is 5.32 Å². The number of aliphatic hydroxyl groups excluding tert-OH is 1. The van der Waals surface area contributed by atoms with Gasteiger partial charge in [-0.15, -0.1) is 11.3 Å². The number of rotatable bonds is 7. The predicted octanol–water partition coefficient (Wildman–Crippen LogP) is 2.64. The minimum atomic E-state index is -1.51. The Hall–Kier alpha value is -2.38. The molecular formula is C17H19NO5S. The van der Waals surface area contributed by atoms with Crippen LogP contribution in [0.2, 0.25) is 0 Å². The average molecular weight is 349 g/mol. The fraction of sp³-hybridized carbons (Fsp3) is 0.294. The highest BCUT2D eigenvalue weighted by Gasteiger charge is 2.31. The lowest BCUT2D eigenvalue weighted by Crippen LogP contribution is -2.41. The number of amides is 1. The van der Waals surface area contributed by atoms with Crippen molar-refractivity contribution in [3.63, 3.8) is 0 Å². The van der Waals surface area contributed by atoms with E-state index in [4.69, 9.17) is 9.47 Å². The van der Waals surface area contributed by atoms with E-state index in [1.165, 1.54) is 11.3 Å². The third kappa shape index (κ3) is 5.07. The van der Waals surface area contributed by atoms with Crippen LogP contribution in [0.1, 0.15) is 23.4 Å². The number of alkyl carbamates (subject to hydrolysis) is 1. The molecule has 0 unspecified atom stereocenters. The van der Waals surface area contributed by atoms with E-state index in [9.17, 15) is 14.7 Å². The molecule has 2 aromatic rings. The summed E-state index contributed by atoms with van der Waals surface area (Å²) in [6.45, 7) is 1.89. The molecule has 0 radical (unpaired) electrons. The number of aliphatic hydroxyl groups is 1. The number of carbonyl (C=O) groups is 2. The molecule has 2 atom stereocenters. The Labute approximate surface area is 144 Å². The van der Waals surface area contributed by atoms with Crippen molar-refractivity contribution in [3.8, 4) is 0 Å². The molecule has 1 aromatic heterocycles. The zero-order valence-corrected chi connectivity index (χ0v) is 14.0. The molecule has 0 aliphatic rings. The summed E-state index contributed by atoms with van der Waals surface area (Å²) >= 11 is 1.31. The summed E-state index contributed by atoms with van der Waals surface area (Å²) in [5, 5.41) is 14.5. The molecule has 1 heterocycles. The summed E-state index contributed by atoms with van der Waals surface area (Å²) in [6, 6.07) is 11.8. The molecule has 1 aromatic carbocycles. The Balaban J connectivity index is 1.99. The Bertz CT molecular complexity index is 644. The molecule has 0 saturated heterocycles. The van der Waals surface area contributed by atoms with Crippen molar-refractivity contribution in [3.05, 3.63) is 58.3 Å². The molecule has 24 heavy (non-hydrogen) atoms. The maximum atomic E-state index is 12.0. The number of esters is 1. The van der Waals surface area contributed by atoms with Crippen molar-refractivity contribution in [1.29, 1.82) is 0 Å². The quantitative estimate of drug-likeness (QED) is 0.751. The van der Waals surface area contributed by atoms with Gasteiger partial charge in [-0.3, -0.25) is 0 Å². The van der Waals surface area contributed by atoms with Gasteiger partial charge in [0.25, 0.3) is 0 Å². The fourth-order valence-electron chi connectivity index (χ4n) is 2.03. The van der Waals surface area contributed by atoms with Crippen molar-refractivity contribution >= 4 is 23.4 Å². The molecule has 0 saturated carbocycles. The molecule has 0 spiro atoms. The summed E-state index contributed by atoms with van der Waals surface area (Å²) in [5.41, 5.74) is 0.839. The first-order valence-electron chi connectivity index (χ1n) is 7.47. The van der Waals surface area contributed by atoms with Gasteiger partial charge in [-0.25, -0.2) is 9.59 Å². The highest BCUT2D eigenvalue weighted by molar-refractivity contribution is 7.10. The molecule has 1 amide bonds. The molecular weight excluding hydrogens is 330 g/mol. The molecule has 0 aliphatic heterocycles. The lowest BCUT2D eigenvalue weighted by atomic mass is 10.1. The smallest absolute Gasteiger partial charge is 0.408 e. The Kier molecular flexibility index (Phi) is 6.77. The summed E-state index contributed by atoms with van der Waals surface area (Å²) in [4.78, 5) is 24.4. The van der Waals surface area contributed by atoms with E-state index in [1.807, 2.05) is 30.3 Å². The molecule has 0 bridgehead atoms. The minimum absolute atomic E-state index is 0.0966. The third-order valence-electron chi connectivity index (χ3n) is 3.18. The topological polar surface area (TPSA) is 84.9 Å². The lowest BCUT2D eigenvalue weighted by Gasteiger charge is -2.21. The Morgan fingerprint density at radius 3 is 2.54 bits per heavy atom. The second kappa shape index (κ2) is 9.05. The van der Waals surface area contributed by atoms with Gasteiger partial charge in [-0.05, 0) is 23.9 Å². The van der Waals surface area contributed by atoms with Crippen LogP contribution < -0.4 is 5.32 Å². The zero-order chi connectivity index (χ0) is 17.4. The van der Waals surface area contributed by atoms with Crippen LogP contribution in [-0.4, -0.2) is 29.9 Å². The second-order valence-electron chi connectivity index (χ2n) is 4.90. The number of thiophene rings is 1. The van der Waals surface area contributed by atoms with Crippen LogP contribution in [0.4, 0.5) is 4.79 Å². The van der Waals surface area contributed by atoms with Gasteiger partial charge in [0.05, 0.1) is 6.61 Å². The summed E-state index contributed by atoms with van der Waals surface area (Å²) < 4.78 is 9.95. The molecule has 2 rings (SSSR count). The number of carbonyl (C=O) groups excluding carboxylic acids is 2. The third-order valence-corrected chi connectivity index (χ3v) is 4.14. The zero-order valence-electron chi connectivity index (χ0n) is 13.2. The molecule has 2 N–H and O–H groups in total. The number of ether oxygens (including phenoxy) is 2. The van der Waals surface area contributed by atoms with Crippen molar-refractivity contribution in [2.24, 2.45) is 0 Å². The van der Waals surface area contributed by atoms with Crippen molar-refractivity contribution in [2.45, 2.75) is 25.7 Å². The first-order valence-corrected chi connectivity index (χ1v) is 8.35. The van der Waals surface area contributed by atoms with Gasteiger partial charge in [0, 0.05) is 4.88 Å². The monoisotopic (exact) mass is 349 g/mol. The van der Waals surface area contributed by atoms with Crippen LogP contribution in [-0.2, 0) is 20.9 Å². The van der Waals surface area contributed by atoms with E-state index in [1.54, 1.807) is 24.4 Å². The summed E-state index contributed by atoms with van der Waals surface area (Å²) in [6.07, 6.45) is -2.23. The van der Waals surface area contributed by atoms with Crippen LogP contribution in [0, 0.1) is 0 Å². The van der Waals surface area contributed by atoms with Crippen LogP contribution in [0.15, 0.2) is 47.8 Å². The molecule has 0 fully saturated rings. The van der Waals surface area contributed by atoms with E-state index < -0.39 is 24.2 Å². The van der Waals surface area contributed by atoms with E-state index in [-0.39, 0.29) is 13.2 Å². The largest absolute Gasteiger partial charge is 0.464 e. The maximum Gasteiger partial charge on any atom is 0.408 e. The first kappa shape index (κ1) is 18.0. The minimum Gasteiger partial charge on any atom is -0.464 e. The molecule has 128 valence electrons. The number of benzene rings is 1.